The molecule has 112 valence electrons. The molecule has 2 heterocycles. The number of aliphatic hydroxyl groups excluding tert-OH is 1. The number of fused-ring (bicyclic) bond motifs is 1. The average Bonchev–Trinajstić information content (AvgIpc) is 2.45. The fourth-order valence-corrected chi connectivity index (χ4v) is 3.03. The molecule has 1 aromatic carbocycles. The maximum atomic E-state index is 13.3. The Hall–Kier alpha value is -1.95. The summed E-state index contributed by atoms with van der Waals surface area (Å²) in [5.41, 5.74) is 1.00. The zero-order valence-electron chi connectivity index (χ0n) is 11.5. The first-order chi connectivity index (χ1) is 10.0. The van der Waals surface area contributed by atoms with Crippen molar-refractivity contribution in [2.24, 2.45) is 0 Å². The first-order valence-corrected chi connectivity index (χ1v) is 7.11. The fourth-order valence-electron chi connectivity index (χ4n) is 3.03. The summed E-state index contributed by atoms with van der Waals surface area (Å²) in [5.74, 6) is -1.50. The lowest BCUT2D eigenvalue weighted by Crippen LogP contribution is -2.45. The molecular weight excluding hydrogens is 275 g/mol. The van der Waals surface area contributed by atoms with Gasteiger partial charge in [-0.2, -0.15) is 0 Å². The van der Waals surface area contributed by atoms with Crippen LogP contribution < -0.4 is 5.32 Å². The number of aliphatic hydroxyl groups is 1. The number of piperidine rings is 1. The van der Waals surface area contributed by atoms with Crippen LogP contribution in [0.3, 0.4) is 0 Å². The Kier molecular flexibility index (Phi) is 3.63. The zero-order chi connectivity index (χ0) is 15.0. The number of likely N-dealkylation sites (tertiary alicyclic amines) is 1. The monoisotopic (exact) mass is 292 g/mol. The van der Waals surface area contributed by atoms with E-state index in [0.717, 1.165) is 6.42 Å². The predicted octanol–water partition coefficient (Wildman–Crippen LogP) is 1.23. The van der Waals surface area contributed by atoms with Gasteiger partial charge in [0, 0.05) is 25.2 Å². The third kappa shape index (κ3) is 2.76. The van der Waals surface area contributed by atoms with E-state index in [1.54, 1.807) is 11.0 Å². The first kappa shape index (κ1) is 14.0. The third-order valence-electron chi connectivity index (χ3n) is 4.06. The average molecular weight is 292 g/mol. The van der Waals surface area contributed by atoms with Gasteiger partial charge in [-0.05, 0) is 30.5 Å². The standard InChI is InChI=1S/C15H17FN2O3/c16-9-3-4-11-12(7-14(20)17-13(11)6-9)15(21)18-5-1-2-10(19)8-18/h3-4,6,10,12,19H,1-2,5,7-8H2,(H,17,20). The van der Waals surface area contributed by atoms with Gasteiger partial charge in [0.15, 0.2) is 0 Å². The summed E-state index contributed by atoms with van der Waals surface area (Å²) in [5, 5.41) is 12.3. The lowest BCUT2D eigenvalue weighted by Gasteiger charge is -2.34. The van der Waals surface area contributed by atoms with Gasteiger partial charge in [-0.3, -0.25) is 9.59 Å². The molecule has 0 bridgehead atoms. The minimum Gasteiger partial charge on any atom is -0.391 e. The van der Waals surface area contributed by atoms with Gasteiger partial charge < -0.3 is 15.3 Å². The van der Waals surface area contributed by atoms with Crippen molar-refractivity contribution in [3.63, 3.8) is 0 Å². The number of benzene rings is 1. The molecule has 2 unspecified atom stereocenters. The number of halogens is 1. The smallest absolute Gasteiger partial charge is 0.230 e. The van der Waals surface area contributed by atoms with Crippen LogP contribution in [0.5, 0.6) is 0 Å². The van der Waals surface area contributed by atoms with Gasteiger partial charge in [0.05, 0.1) is 12.0 Å². The van der Waals surface area contributed by atoms with Crippen molar-refractivity contribution < 1.29 is 19.1 Å². The van der Waals surface area contributed by atoms with Crippen molar-refractivity contribution in [3.05, 3.63) is 29.6 Å². The Morgan fingerprint density at radius 1 is 1.43 bits per heavy atom. The van der Waals surface area contributed by atoms with Gasteiger partial charge in [0.25, 0.3) is 0 Å². The van der Waals surface area contributed by atoms with Crippen LogP contribution in [0.15, 0.2) is 18.2 Å². The lowest BCUT2D eigenvalue weighted by molar-refractivity contribution is -0.137. The molecular formula is C15H17FN2O3. The summed E-state index contributed by atoms with van der Waals surface area (Å²) in [6.07, 6.45) is 0.996. The summed E-state index contributed by atoms with van der Waals surface area (Å²) in [4.78, 5) is 26.0. The van der Waals surface area contributed by atoms with Crippen molar-refractivity contribution in [3.8, 4) is 0 Å². The van der Waals surface area contributed by atoms with Gasteiger partial charge in [-0.15, -0.1) is 0 Å². The number of β-amino-alcohol motifs (C(OH)–C–C–N with tert-alkyl or cyclic N) is 1. The summed E-state index contributed by atoms with van der Waals surface area (Å²) in [6, 6.07) is 4.08. The number of amides is 2. The molecule has 3 rings (SSSR count). The van der Waals surface area contributed by atoms with Crippen LogP contribution in [-0.4, -0.2) is 41.0 Å². The second-order valence-electron chi connectivity index (χ2n) is 5.62. The highest BCUT2D eigenvalue weighted by Crippen LogP contribution is 2.34. The van der Waals surface area contributed by atoms with Crippen molar-refractivity contribution in [2.45, 2.75) is 31.3 Å². The molecule has 0 aliphatic carbocycles. The van der Waals surface area contributed by atoms with Crippen LogP contribution in [0.25, 0.3) is 0 Å². The lowest BCUT2D eigenvalue weighted by atomic mass is 9.88. The Labute approximate surface area is 121 Å². The number of rotatable bonds is 1. The molecule has 2 aliphatic heterocycles. The quantitative estimate of drug-likeness (QED) is 0.818. The van der Waals surface area contributed by atoms with Crippen molar-refractivity contribution in [2.75, 3.05) is 18.4 Å². The van der Waals surface area contributed by atoms with E-state index in [-0.39, 0.29) is 18.2 Å². The third-order valence-corrected chi connectivity index (χ3v) is 4.06. The molecule has 2 amide bonds. The highest BCUT2D eigenvalue weighted by molar-refractivity contribution is 6.01. The van der Waals surface area contributed by atoms with Crippen LogP contribution in [0, 0.1) is 5.82 Å². The van der Waals surface area contributed by atoms with Crippen molar-refractivity contribution >= 4 is 17.5 Å². The van der Waals surface area contributed by atoms with Gasteiger partial charge in [-0.1, -0.05) is 6.07 Å². The summed E-state index contributed by atoms with van der Waals surface area (Å²) in [7, 11) is 0. The second kappa shape index (κ2) is 5.44. The van der Waals surface area contributed by atoms with E-state index in [0.29, 0.717) is 30.8 Å². The zero-order valence-corrected chi connectivity index (χ0v) is 11.5. The second-order valence-corrected chi connectivity index (χ2v) is 5.62. The Balaban J connectivity index is 1.88. The van der Waals surface area contributed by atoms with Crippen molar-refractivity contribution in [1.29, 1.82) is 0 Å². The molecule has 0 spiro atoms. The molecule has 5 nitrogen and oxygen atoms in total. The summed E-state index contributed by atoms with van der Waals surface area (Å²) < 4.78 is 13.3. The maximum absolute atomic E-state index is 13.3. The van der Waals surface area contributed by atoms with E-state index in [2.05, 4.69) is 5.32 Å². The molecule has 0 aromatic heterocycles. The van der Waals surface area contributed by atoms with Gasteiger partial charge in [0.1, 0.15) is 5.82 Å². The van der Waals surface area contributed by atoms with E-state index < -0.39 is 17.8 Å². The molecule has 2 N–H and O–H groups in total. The van der Waals surface area contributed by atoms with E-state index in [9.17, 15) is 19.1 Å². The highest BCUT2D eigenvalue weighted by Gasteiger charge is 2.35. The first-order valence-electron chi connectivity index (χ1n) is 7.11. The van der Waals surface area contributed by atoms with E-state index in [4.69, 9.17) is 0 Å². The van der Waals surface area contributed by atoms with Gasteiger partial charge >= 0.3 is 0 Å². The molecule has 0 radical (unpaired) electrons. The van der Waals surface area contributed by atoms with Crippen molar-refractivity contribution in [1.82, 2.24) is 4.90 Å². The van der Waals surface area contributed by atoms with Crippen LogP contribution in [0.2, 0.25) is 0 Å². The SMILES string of the molecule is O=C1CC(C(=O)N2CCCC(O)C2)c2ccc(F)cc2N1. The Morgan fingerprint density at radius 3 is 3.00 bits per heavy atom. The number of hydrogen-bond acceptors (Lipinski definition) is 3. The number of nitrogens with one attached hydrogen (secondary N) is 1. The number of anilines is 1. The Morgan fingerprint density at radius 2 is 2.24 bits per heavy atom. The molecule has 1 aromatic rings. The molecule has 1 fully saturated rings. The molecule has 6 heteroatoms. The van der Waals surface area contributed by atoms with Gasteiger partial charge in [0.2, 0.25) is 11.8 Å². The van der Waals surface area contributed by atoms with E-state index >= 15 is 0 Å². The maximum Gasteiger partial charge on any atom is 0.230 e. The fraction of sp³-hybridized carbons (Fsp3) is 0.467. The molecule has 1 saturated heterocycles. The van der Waals surface area contributed by atoms with Crippen LogP contribution in [0.1, 0.15) is 30.7 Å². The Bertz CT molecular complexity index is 590. The van der Waals surface area contributed by atoms with Gasteiger partial charge in [-0.25, -0.2) is 4.39 Å². The minimum atomic E-state index is -0.598. The largest absolute Gasteiger partial charge is 0.391 e. The number of hydrogen-bond donors (Lipinski definition) is 2. The van der Waals surface area contributed by atoms with E-state index in [1.165, 1.54) is 12.1 Å². The molecule has 2 aliphatic rings. The molecule has 2 atom stereocenters. The predicted molar refractivity (Wildman–Crippen MR) is 74.2 cm³/mol. The molecule has 21 heavy (non-hydrogen) atoms. The van der Waals surface area contributed by atoms with Crippen LogP contribution in [-0.2, 0) is 9.59 Å². The summed E-state index contributed by atoms with van der Waals surface area (Å²) in [6.45, 7) is 0.887. The normalized spacial score (nSPS) is 25.2. The topological polar surface area (TPSA) is 69.6 Å². The number of nitrogens with zero attached hydrogens (tertiary/aromatic N) is 1. The summed E-state index contributed by atoms with van der Waals surface area (Å²) >= 11 is 0. The molecule has 0 saturated carbocycles. The van der Waals surface area contributed by atoms with Crippen LogP contribution in [0.4, 0.5) is 10.1 Å². The van der Waals surface area contributed by atoms with E-state index in [1.807, 2.05) is 0 Å². The van der Waals surface area contributed by atoms with Crippen LogP contribution >= 0.6 is 0 Å². The minimum absolute atomic E-state index is 0.0596. The highest BCUT2D eigenvalue weighted by atomic mass is 19.1. The number of carbonyl (C=O) groups excluding carboxylic acids is 2. The number of carbonyl (C=O) groups is 2.